The van der Waals surface area contributed by atoms with Gasteiger partial charge in [-0.25, -0.2) is 0 Å². The monoisotopic (exact) mass is 612 g/mol. The van der Waals surface area contributed by atoms with Crippen LogP contribution in [0.25, 0.3) is 0 Å². The minimum Gasteiger partial charge on any atom is -0.507 e. The largest absolute Gasteiger partial charge is 0.507 e. The Labute approximate surface area is 273 Å². The summed E-state index contributed by atoms with van der Waals surface area (Å²) in [5.74, 6) is 3.07. The molecule has 8 bridgehead atoms. The molecule has 5 aromatic rings. The molecule has 5 aromatic carbocycles. The van der Waals surface area contributed by atoms with Crippen molar-refractivity contribution in [1.29, 1.82) is 0 Å². The van der Waals surface area contributed by atoms with Crippen LogP contribution in [0.15, 0.2) is 103 Å². The highest BCUT2D eigenvalue weighted by molar-refractivity contribution is 5.55. The average molecular weight is 613 g/mol. The summed E-state index contributed by atoms with van der Waals surface area (Å²) in [6.45, 7) is 6.10. The number of hydrogen-bond acceptors (Lipinski definition) is 4. The first kappa shape index (κ1) is 31.3. The summed E-state index contributed by atoms with van der Waals surface area (Å²) in [7, 11) is 0. The number of hydrogen-bond donors (Lipinski definition) is 1. The zero-order chi connectivity index (χ0) is 31.7. The van der Waals surface area contributed by atoms with Crippen LogP contribution in [-0.4, -0.2) is 18.3 Å². The van der Waals surface area contributed by atoms with Crippen LogP contribution in [0.5, 0.6) is 23.0 Å². The van der Waals surface area contributed by atoms with Crippen molar-refractivity contribution in [3.8, 4) is 23.0 Å². The zero-order valence-corrected chi connectivity index (χ0v) is 27.1. The Morgan fingerprint density at radius 1 is 0.457 bits per heavy atom. The Bertz CT molecular complexity index is 1760. The van der Waals surface area contributed by atoms with Gasteiger partial charge in [0.15, 0.2) is 0 Å². The molecule has 4 nitrogen and oxygen atoms in total. The lowest BCUT2D eigenvalue weighted by Gasteiger charge is -2.22. The van der Waals surface area contributed by atoms with Gasteiger partial charge in [-0.05, 0) is 62.9 Å². The van der Waals surface area contributed by atoms with Crippen molar-refractivity contribution in [3.05, 3.63) is 153 Å². The maximum absolute atomic E-state index is 11.7. The molecule has 6 rings (SSSR count). The molecular weight excluding hydrogens is 568 g/mol. The highest BCUT2D eigenvalue weighted by atomic mass is 16.5. The van der Waals surface area contributed by atoms with Crippen LogP contribution in [0.2, 0.25) is 0 Å². The van der Waals surface area contributed by atoms with Crippen molar-refractivity contribution in [3.63, 3.8) is 0 Å². The number of benzene rings is 5. The maximum Gasteiger partial charge on any atom is 0.126 e. The fraction of sp³-hybridized carbons (Fsp3) is 0.286. The lowest BCUT2D eigenvalue weighted by molar-refractivity contribution is 0.299. The molecule has 1 aliphatic carbocycles. The van der Waals surface area contributed by atoms with E-state index < -0.39 is 0 Å². The Morgan fingerprint density at radius 2 is 0.870 bits per heavy atom. The number of aromatic hydroxyl groups is 1. The molecule has 0 atom stereocenters. The number of fused-ring (bicyclic) bond motifs is 8. The lowest BCUT2D eigenvalue weighted by Crippen LogP contribution is -2.08. The summed E-state index contributed by atoms with van der Waals surface area (Å²) in [4.78, 5) is 0. The van der Waals surface area contributed by atoms with E-state index in [1.165, 1.54) is 0 Å². The van der Waals surface area contributed by atoms with Crippen LogP contribution in [0.4, 0.5) is 0 Å². The molecule has 0 unspecified atom stereocenters. The van der Waals surface area contributed by atoms with Gasteiger partial charge in [0, 0.05) is 25.7 Å². The highest BCUT2D eigenvalue weighted by Gasteiger charge is 2.21. The van der Waals surface area contributed by atoms with Gasteiger partial charge in [0.05, 0.1) is 13.2 Å². The molecule has 0 aromatic heterocycles. The second-order valence-electron chi connectivity index (χ2n) is 12.2. The molecule has 0 fully saturated rings. The third-order valence-electron chi connectivity index (χ3n) is 8.68. The van der Waals surface area contributed by atoms with Crippen molar-refractivity contribution in [1.82, 2.24) is 0 Å². The van der Waals surface area contributed by atoms with E-state index in [1.54, 1.807) is 0 Å². The number of unbranched alkanes of at least 4 members (excludes halogenated alkanes) is 1. The van der Waals surface area contributed by atoms with Gasteiger partial charge < -0.3 is 19.3 Å². The van der Waals surface area contributed by atoms with Crippen molar-refractivity contribution in [2.75, 3.05) is 13.2 Å². The van der Waals surface area contributed by atoms with Crippen LogP contribution in [0, 0.1) is 0 Å². The molecule has 0 aliphatic heterocycles. The summed E-state index contributed by atoms with van der Waals surface area (Å²) < 4.78 is 19.7. The Kier molecular flexibility index (Phi) is 10.2. The number of ether oxygens (including phenoxy) is 3. The van der Waals surface area contributed by atoms with Gasteiger partial charge >= 0.3 is 0 Å². The molecule has 0 radical (unpaired) electrons. The van der Waals surface area contributed by atoms with Crippen LogP contribution in [0.3, 0.4) is 0 Å². The van der Waals surface area contributed by atoms with Gasteiger partial charge in [-0.3, -0.25) is 0 Å². The van der Waals surface area contributed by atoms with Crippen molar-refractivity contribution < 1.29 is 19.3 Å². The van der Waals surface area contributed by atoms with E-state index in [-0.39, 0.29) is 0 Å². The number of phenols is 1. The van der Waals surface area contributed by atoms with Crippen LogP contribution < -0.4 is 14.2 Å². The molecule has 236 valence electrons. The standard InChI is InChI=1S/C42H44O4/c1-3-5-24-45-41-33-17-10-21-37(41)27-35-19-12-20-36(40(35)44-23-4-2)28-38-22-11-18-34(26-32-16-9-15-31(25-33)39(32)43)42(38)46-29-30-13-7-6-8-14-30/h6-22,43H,3-5,23-29H2,1-2H3. The zero-order valence-electron chi connectivity index (χ0n) is 27.1. The van der Waals surface area contributed by atoms with Crippen molar-refractivity contribution in [2.24, 2.45) is 0 Å². The van der Waals surface area contributed by atoms with E-state index in [9.17, 15) is 5.11 Å². The van der Waals surface area contributed by atoms with Gasteiger partial charge in [0.1, 0.15) is 29.6 Å². The topological polar surface area (TPSA) is 47.9 Å². The Hall–Kier alpha value is -4.70. The minimum absolute atomic E-state index is 0.333. The molecule has 1 aliphatic rings. The van der Waals surface area contributed by atoms with Gasteiger partial charge in [-0.15, -0.1) is 0 Å². The van der Waals surface area contributed by atoms with E-state index in [0.717, 1.165) is 86.6 Å². The fourth-order valence-electron chi connectivity index (χ4n) is 6.31. The smallest absolute Gasteiger partial charge is 0.126 e. The van der Waals surface area contributed by atoms with Gasteiger partial charge in [-0.2, -0.15) is 0 Å². The van der Waals surface area contributed by atoms with Gasteiger partial charge in [0.2, 0.25) is 0 Å². The predicted octanol–water partition coefficient (Wildman–Crippen LogP) is 9.62. The molecule has 46 heavy (non-hydrogen) atoms. The summed E-state index contributed by atoms with van der Waals surface area (Å²) in [6.07, 6.45) is 5.46. The number of para-hydroxylation sites is 4. The van der Waals surface area contributed by atoms with E-state index >= 15 is 0 Å². The fourth-order valence-corrected chi connectivity index (χ4v) is 6.31. The van der Waals surface area contributed by atoms with Gasteiger partial charge in [-0.1, -0.05) is 123 Å². The van der Waals surface area contributed by atoms with Crippen LogP contribution in [-0.2, 0) is 32.3 Å². The van der Waals surface area contributed by atoms with Crippen molar-refractivity contribution >= 4 is 0 Å². The first-order chi connectivity index (χ1) is 22.6. The molecule has 0 saturated carbocycles. The predicted molar refractivity (Wildman–Crippen MR) is 186 cm³/mol. The van der Waals surface area contributed by atoms with Gasteiger partial charge in [0.25, 0.3) is 0 Å². The van der Waals surface area contributed by atoms with E-state index in [4.69, 9.17) is 14.2 Å². The second kappa shape index (κ2) is 15.1. The molecule has 0 heterocycles. The molecule has 1 N–H and O–H groups in total. The maximum atomic E-state index is 11.7. The molecule has 0 saturated heterocycles. The minimum atomic E-state index is 0.333. The number of rotatable bonds is 10. The highest BCUT2D eigenvalue weighted by Crippen LogP contribution is 2.38. The summed E-state index contributed by atoms with van der Waals surface area (Å²) in [5.41, 5.74) is 9.51. The summed E-state index contributed by atoms with van der Waals surface area (Å²) in [5, 5.41) is 11.7. The Balaban J connectivity index is 1.51. The summed E-state index contributed by atoms with van der Waals surface area (Å²) >= 11 is 0. The quantitative estimate of drug-likeness (QED) is 0.157. The van der Waals surface area contributed by atoms with Crippen LogP contribution in [0.1, 0.15) is 83.2 Å². The molecule has 0 spiro atoms. The normalized spacial score (nSPS) is 12.4. The summed E-state index contributed by atoms with van der Waals surface area (Å²) in [6, 6.07) is 35.6. The van der Waals surface area contributed by atoms with Crippen LogP contribution >= 0.6 is 0 Å². The molecular formula is C42H44O4. The third kappa shape index (κ3) is 7.23. The average Bonchev–Trinajstić information content (AvgIpc) is 3.07. The third-order valence-corrected chi connectivity index (χ3v) is 8.68. The van der Waals surface area contributed by atoms with Crippen molar-refractivity contribution in [2.45, 2.75) is 65.4 Å². The van der Waals surface area contributed by atoms with E-state index in [2.05, 4.69) is 80.6 Å². The lowest BCUT2D eigenvalue weighted by atomic mass is 9.91. The first-order valence-electron chi connectivity index (χ1n) is 16.7. The second-order valence-corrected chi connectivity index (χ2v) is 12.2. The SMILES string of the molecule is CCCCOc1c2cccc1Cc1cccc(c1OCCC)Cc1cccc(c1OCc1ccccc1)Cc1cccc(c1O)C2. The van der Waals surface area contributed by atoms with E-state index in [1.807, 2.05) is 36.4 Å². The molecule has 4 heteroatoms. The molecule has 0 amide bonds. The Morgan fingerprint density at radius 3 is 1.33 bits per heavy atom. The number of phenolic OH excluding ortho intramolecular Hbond substituents is 1. The van der Waals surface area contributed by atoms with E-state index in [0.29, 0.717) is 51.3 Å². The first-order valence-corrected chi connectivity index (χ1v) is 16.7.